The minimum Gasteiger partial charge on any atom is -0.405 e. The summed E-state index contributed by atoms with van der Waals surface area (Å²) < 4.78 is 6.94. The number of hydrogen-bond donors (Lipinski definition) is 2. The van der Waals surface area contributed by atoms with Crippen LogP contribution in [-0.4, -0.2) is 31.3 Å². The second kappa shape index (κ2) is 11.4. The number of rotatable bonds is 10. The van der Waals surface area contributed by atoms with Gasteiger partial charge in [0.05, 0.1) is 12.1 Å². The third kappa shape index (κ3) is 7.95. The Kier molecular flexibility index (Phi) is 9.73. The molecule has 1 aromatic heterocycles. The van der Waals surface area contributed by atoms with Gasteiger partial charge in [-0.15, -0.1) is 11.3 Å². The molecule has 5 nitrogen and oxygen atoms in total. The molecule has 1 saturated carbocycles. The molecule has 1 amide bonds. The van der Waals surface area contributed by atoms with E-state index in [0.29, 0.717) is 18.3 Å². The number of hydrogen-bond acceptors (Lipinski definition) is 5. The average Bonchev–Trinajstić information content (AvgIpc) is 3.19. The highest BCUT2D eigenvalue weighted by Gasteiger charge is 2.43. The zero-order valence-corrected chi connectivity index (χ0v) is 22.6. The van der Waals surface area contributed by atoms with Crippen molar-refractivity contribution in [2.45, 2.75) is 116 Å². The van der Waals surface area contributed by atoms with Gasteiger partial charge in [0.25, 0.3) is 0 Å². The molecule has 1 aliphatic carbocycles. The van der Waals surface area contributed by atoms with Crippen LogP contribution in [0.25, 0.3) is 0 Å². The lowest BCUT2D eigenvalue weighted by Crippen LogP contribution is -2.52. The lowest BCUT2D eigenvalue weighted by Gasteiger charge is -2.42. The van der Waals surface area contributed by atoms with E-state index in [9.17, 15) is 4.79 Å². The first kappa shape index (κ1) is 26.5. The summed E-state index contributed by atoms with van der Waals surface area (Å²) in [4.78, 5) is 17.7. The maximum Gasteiger partial charge on any atom is 0.237 e. The summed E-state index contributed by atoms with van der Waals surface area (Å²) >= 11 is 1.62. The van der Waals surface area contributed by atoms with Crippen LogP contribution in [0, 0.1) is 11.8 Å². The smallest absolute Gasteiger partial charge is 0.237 e. The molecule has 31 heavy (non-hydrogen) atoms. The zero-order valence-electron chi connectivity index (χ0n) is 20.7. The summed E-state index contributed by atoms with van der Waals surface area (Å²) in [5.74, 6) is 0.941. The molecule has 0 aromatic carbocycles. The van der Waals surface area contributed by atoms with Gasteiger partial charge in [0.2, 0.25) is 5.91 Å². The van der Waals surface area contributed by atoms with Crippen LogP contribution in [0.15, 0.2) is 11.6 Å². The van der Waals surface area contributed by atoms with Crippen molar-refractivity contribution in [2.24, 2.45) is 17.6 Å². The topological polar surface area (TPSA) is 77.2 Å². The van der Waals surface area contributed by atoms with E-state index in [1.54, 1.807) is 11.3 Å². The van der Waals surface area contributed by atoms with E-state index in [0.717, 1.165) is 11.4 Å². The molecule has 2 rings (SSSR count). The van der Waals surface area contributed by atoms with Crippen molar-refractivity contribution >= 4 is 25.6 Å². The van der Waals surface area contributed by atoms with E-state index in [-0.39, 0.29) is 23.1 Å². The van der Waals surface area contributed by atoms with Crippen molar-refractivity contribution in [1.82, 2.24) is 10.3 Å². The molecule has 1 heterocycles. The molecule has 3 N–H and O–H groups in total. The predicted octanol–water partition coefficient (Wildman–Crippen LogP) is 6.03. The number of thiazole rings is 1. The highest BCUT2D eigenvalue weighted by atomic mass is 32.1. The molecule has 1 fully saturated rings. The van der Waals surface area contributed by atoms with Crippen LogP contribution in [0.1, 0.15) is 90.7 Å². The average molecular weight is 468 g/mol. The number of nitrogens with two attached hydrogens (primary N) is 1. The number of aromatic nitrogens is 1. The van der Waals surface area contributed by atoms with Crippen molar-refractivity contribution in [1.29, 1.82) is 0 Å². The highest BCUT2D eigenvalue weighted by molar-refractivity contribution is 7.09. The summed E-state index contributed by atoms with van der Waals surface area (Å²) in [7, 11) is -2.07. The Balaban J connectivity index is 2.31. The first-order valence-corrected chi connectivity index (χ1v) is 15.8. The minimum atomic E-state index is -2.07. The van der Waals surface area contributed by atoms with Gasteiger partial charge in [0.1, 0.15) is 11.1 Å². The Labute approximate surface area is 195 Å². The molecule has 178 valence electrons. The van der Waals surface area contributed by atoms with Crippen LogP contribution >= 0.6 is 11.3 Å². The minimum absolute atomic E-state index is 0.0603. The summed E-state index contributed by atoms with van der Waals surface area (Å²) in [6.45, 7) is 15.5. The van der Waals surface area contributed by atoms with E-state index < -0.39 is 14.4 Å². The van der Waals surface area contributed by atoms with Gasteiger partial charge >= 0.3 is 0 Å². The second-order valence-electron chi connectivity index (χ2n) is 11.3. The molecule has 1 aliphatic rings. The predicted molar refractivity (Wildman–Crippen MR) is 134 cm³/mol. The molecular formula is C24H45N3O2SSi. The van der Waals surface area contributed by atoms with Crippen molar-refractivity contribution in [3.05, 3.63) is 16.6 Å². The molecule has 1 aromatic rings. The first-order chi connectivity index (χ1) is 14.4. The Morgan fingerprint density at radius 3 is 2.45 bits per heavy atom. The lowest BCUT2D eigenvalue weighted by molar-refractivity contribution is -0.124. The molecule has 3 atom stereocenters. The molecule has 0 aliphatic heterocycles. The zero-order chi connectivity index (χ0) is 23.2. The maximum atomic E-state index is 13.1. The third-order valence-electron chi connectivity index (χ3n) is 6.99. The van der Waals surface area contributed by atoms with Gasteiger partial charge in [0.15, 0.2) is 8.32 Å². The Morgan fingerprint density at radius 2 is 1.94 bits per heavy atom. The third-order valence-corrected chi connectivity index (χ3v) is 12.3. The quantitative estimate of drug-likeness (QED) is 0.412. The maximum absolute atomic E-state index is 13.1. The molecule has 0 saturated heterocycles. The molecule has 7 heteroatoms. The Bertz CT molecular complexity index is 667. The fraction of sp³-hybridized carbons (Fsp3) is 0.833. The van der Waals surface area contributed by atoms with E-state index in [1.807, 2.05) is 11.6 Å². The van der Waals surface area contributed by atoms with E-state index in [1.165, 1.54) is 32.1 Å². The van der Waals surface area contributed by atoms with Crippen molar-refractivity contribution in [3.8, 4) is 0 Å². The van der Waals surface area contributed by atoms with Crippen LogP contribution in [0.2, 0.25) is 18.1 Å². The standard InChI is InChI=1S/C24H45N3O2SSi/c1-17(2)15-19(25)22(28)27-20(16-18-11-9-8-10-12-18)21(23-26-13-14-30-23)29-31(6,7)24(3,4)5/h13-14,17-21H,8-12,15-16,25H2,1-7H3,(H,27,28)/t19-,20-,21+/m0/s1. The highest BCUT2D eigenvalue weighted by Crippen LogP contribution is 2.42. The van der Waals surface area contributed by atoms with Crippen molar-refractivity contribution in [3.63, 3.8) is 0 Å². The number of carbonyl (C=O) groups excluding carboxylic acids is 1. The van der Waals surface area contributed by atoms with Gasteiger partial charge in [-0.3, -0.25) is 4.79 Å². The molecule has 0 radical (unpaired) electrons. The number of nitrogens with zero attached hydrogens (tertiary/aromatic N) is 1. The largest absolute Gasteiger partial charge is 0.405 e. The summed E-state index contributed by atoms with van der Waals surface area (Å²) in [6.07, 6.45) is 9.58. The summed E-state index contributed by atoms with van der Waals surface area (Å²) in [5, 5.41) is 6.37. The number of amides is 1. The lowest BCUT2D eigenvalue weighted by atomic mass is 9.83. The van der Waals surface area contributed by atoms with Gasteiger partial charge in [-0.05, 0) is 42.8 Å². The van der Waals surface area contributed by atoms with Crippen LogP contribution in [0.5, 0.6) is 0 Å². The Morgan fingerprint density at radius 1 is 1.29 bits per heavy atom. The van der Waals surface area contributed by atoms with Gasteiger partial charge in [0, 0.05) is 11.6 Å². The van der Waals surface area contributed by atoms with Crippen molar-refractivity contribution < 1.29 is 9.22 Å². The van der Waals surface area contributed by atoms with Crippen LogP contribution in [0.4, 0.5) is 0 Å². The van der Waals surface area contributed by atoms with Crippen molar-refractivity contribution in [2.75, 3.05) is 0 Å². The van der Waals surface area contributed by atoms with Gasteiger partial charge in [-0.2, -0.15) is 0 Å². The summed E-state index contributed by atoms with van der Waals surface area (Å²) in [5.41, 5.74) is 6.26. The molecule has 0 spiro atoms. The molecule has 0 unspecified atom stereocenters. The van der Waals surface area contributed by atoms with Crippen LogP contribution in [-0.2, 0) is 9.22 Å². The fourth-order valence-corrected chi connectivity index (χ4v) is 6.20. The van der Waals surface area contributed by atoms with Gasteiger partial charge < -0.3 is 15.5 Å². The van der Waals surface area contributed by atoms with E-state index in [4.69, 9.17) is 10.2 Å². The number of nitrogens with one attached hydrogen (secondary N) is 1. The normalized spacial score (nSPS) is 19.3. The number of carbonyl (C=O) groups is 1. The molecular weight excluding hydrogens is 422 g/mol. The first-order valence-electron chi connectivity index (χ1n) is 12.0. The van der Waals surface area contributed by atoms with Crippen LogP contribution < -0.4 is 11.1 Å². The summed E-state index contributed by atoms with van der Waals surface area (Å²) in [6, 6.07) is -0.590. The monoisotopic (exact) mass is 467 g/mol. The Hall–Kier alpha value is -0.763. The molecule has 0 bridgehead atoms. The second-order valence-corrected chi connectivity index (χ2v) is 16.9. The van der Waals surface area contributed by atoms with E-state index in [2.05, 4.69) is 58.0 Å². The van der Waals surface area contributed by atoms with Gasteiger partial charge in [-0.1, -0.05) is 66.7 Å². The van der Waals surface area contributed by atoms with Gasteiger partial charge in [-0.25, -0.2) is 4.98 Å². The van der Waals surface area contributed by atoms with E-state index >= 15 is 0 Å². The SMILES string of the molecule is CC(C)C[C@H](N)C(=O)N[C@@H](CC1CCCCC1)[C@@H](O[Si](C)(C)C(C)(C)C)c1nccs1. The van der Waals surface area contributed by atoms with Crippen LogP contribution in [0.3, 0.4) is 0 Å². The fourth-order valence-electron chi connectivity index (χ4n) is 4.12.